The molecule has 1 atom stereocenters. The van der Waals surface area contributed by atoms with Crippen LogP contribution in [0, 0.1) is 12.8 Å². The SMILES string of the molecule is Cc1ccc(N2CC(C(=O)N3CCN(c4ccc(N5CCCC5)nn4)CC3)CC2=O)cc1. The lowest BCUT2D eigenvalue weighted by atomic mass is 10.1. The van der Waals surface area contributed by atoms with Gasteiger partial charge in [-0.15, -0.1) is 10.2 Å². The molecule has 1 aromatic carbocycles. The number of nitrogens with zero attached hydrogens (tertiary/aromatic N) is 6. The second kappa shape index (κ2) is 8.76. The number of rotatable bonds is 4. The molecule has 8 nitrogen and oxygen atoms in total. The number of aryl methyl sites for hydroxylation is 1. The van der Waals surface area contributed by atoms with Gasteiger partial charge in [0.25, 0.3) is 0 Å². The second-order valence-electron chi connectivity index (χ2n) is 9.00. The van der Waals surface area contributed by atoms with E-state index in [1.807, 2.05) is 42.2 Å². The van der Waals surface area contributed by atoms with E-state index in [0.717, 1.165) is 49.1 Å². The van der Waals surface area contributed by atoms with E-state index < -0.39 is 0 Å². The number of hydrogen-bond acceptors (Lipinski definition) is 6. The molecule has 3 fully saturated rings. The van der Waals surface area contributed by atoms with E-state index in [1.165, 1.54) is 12.8 Å². The lowest BCUT2D eigenvalue weighted by molar-refractivity contribution is -0.136. The van der Waals surface area contributed by atoms with Crippen molar-refractivity contribution in [3.63, 3.8) is 0 Å². The Labute approximate surface area is 188 Å². The van der Waals surface area contributed by atoms with Gasteiger partial charge in [0.05, 0.1) is 5.92 Å². The van der Waals surface area contributed by atoms with Crippen molar-refractivity contribution in [3.05, 3.63) is 42.0 Å². The van der Waals surface area contributed by atoms with E-state index in [2.05, 4.69) is 26.1 Å². The highest BCUT2D eigenvalue weighted by atomic mass is 16.2. The molecule has 2 aromatic rings. The number of amides is 2. The van der Waals surface area contributed by atoms with E-state index in [4.69, 9.17) is 0 Å². The first-order chi connectivity index (χ1) is 15.6. The molecule has 0 saturated carbocycles. The average molecular weight is 435 g/mol. The Kier molecular flexibility index (Phi) is 5.68. The van der Waals surface area contributed by atoms with Gasteiger partial charge in [-0.05, 0) is 44.0 Å². The Bertz CT molecular complexity index is 963. The molecule has 32 heavy (non-hydrogen) atoms. The van der Waals surface area contributed by atoms with Crippen LogP contribution in [0.25, 0.3) is 0 Å². The first kappa shape index (κ1) is 20.7. The fourth-order valence-electron chi connectivity index (χ4n) is 4.86. The predicted octanol–water partition coefficient (Wildman–Crippen LogP) is 2.09. The number of hydrogen-bond donors (Lipinski definition) is 0. The number of benzene rings is 1. The summed E-state index contributed by atoms with van der Waals surface area (Å²) in [6, 6.07) is 12.0. The maximum Gasteiger partial charge on any atom is 0.228 e. The van der Waals surface area contributed by atoms with Crippen LogP contribution in [-0.2, 0) is 9.59 Å². The highest BCUT2D eigenvalue weighted by Crippen LogP contribution is 2.27. The Morgan fingerprint density at radius 3 is 2.03 bits per heavy atom. The van der Waals surface area contributed by atoms with Crippen molar-refractivity contribution in [2.75, 3.05) is 60.5 Å². The second-order valence-corrected chi connectivity index (χ2v) is 9.00. The molecular formula is C24H30N6O2. The van der Waals surface area contributed by atoms with Gasteiger partial charge in [-0.3, -0.25) is 9.59 Å². The molecule has 0 spiro atoms. The van der Waals surface area contributed by atoms with Crippen molar-refractivity contribution in [3.8, 4) is 0 Å². The smallest absolute Gasteiger partial charge is 0.228 e. The average Bonchev–Trinajstić information content (AvgIpc) is 3.50. The van der Waals surface area contributed by atoms with Crippen molar-refractivity contribution in [2.24, 2.45) is 5.92 Å². The van der Waals surface area contributed by atoms with Gasteiger partial charge < -0.3 is 19.6 Å². The fourth-order valence-corrected chi connectivity index (χ4v) is 4.86. The maximum atomic E-state index is 13.1. The number of carbonyl (C=O) groups is 2. The van der Waals surface area contributed by atoms with Gasteiger partial charge >= 0.3 is 0 Å². The Morgan fingerprint density at radius 2 is 1.44 bits per heavy atom. The molecule has 168 valence electrons. The highest BCUT2D eigenvalue weighted by molar-refractivity contribution is 6.00. The van der Waals surface area contributed by atoms with Gasteiger partial charge in [0, 0.05) is 57.9 Å². The maximum absolute atomic E-state index is 13.1. The summed E-state index contributed by atoms with van der Waals surface area (Å²) in [5.74, 6) is 1.66. The van der Waals surface area contributed by atoms with Crippen molar-refractivity contribution in [1.29, 1.82) is 0 Å². The van der Waals surface area contributed by atoms with Gasteiger partial charge in [0.1, 0.15) is 0 Å². The molecular weight excluding hydrogens is 404 g/mol. The van der Waals surface area contributed by atoms with Gasteiger partial charge in [-0.25, -0.2) is 0 Å². The molecule has 3 saturated heterocycles. The molecule has 0 N–H and O–H groups in total. The molecule has 0 aliphatic carbocycles. The number of carbonyl (C=O) groups excluding carboxylic acids is 2. The van der Waals surface area contributed by atoms with E-state index >= 15 is 0 Å². The summed E-state index contributed by atoms with van der Waals surface area (Å²) in [5.41, 5.74) is 2.03. The molecule has 0 radical (unpaired) electrons. The minimum atomic E-state index is -0.269. The molecule has 5 rings (SSSR count). The van der Waals surface area contributed by atoms with Crippen LogP contribution < -0.4 is 14.7 Å². The van der Waals surface area contributed by atoms with Crippen LogP contribution in [0.5, 0.6) is 0 Å². The van der Waals surface area contributed by atoms with E-state index in [9.17, 15) is 9.59 Å². The number of anilines is 3. The van der Waals surface area contributed by atoms with E-state index in [0.29, 0.717) is 19.6 Å². The van der Waals surface area contributed by atoms with E-state index in [-0.39, 0.29) is 24.2 Å². The molecule has 3 aliphatic heterocycles. The summed E-state index contributed by atoms with van der Waals surface area (Å²) in [7, 11) is 0. The summed E-state index contributed by atoms with van der Waals surface area (Å²) >= 11 is 0. The molecule has 2 amide bonds. The molecule has 1 aromatic heterocycles. The third-order valence-electron chi connectivity index (χ3n) is 6.80. The predicted molar refractivity (Wildman–Crippen MR) is 124 cm³/mol. The Morgan fingerprint density at radius 1 is 0.844 bits per heavy atom. The zero-order valence-electron chi connectivity index (χ0n) is 18.6. The lowest BCUT2D eigenvalue weighted by Gasteiger charge is -2.36. The molecule has 4 heterocycles. The largest absolute Gasteiger partial charge is 0.355 e. The van der Waals surface area contributed by atoms with E-state index in [1.54, 1.807) is 4.90 Å². The van der Waals surface area contributed by atoms with Crippen molar-refractivity contribution >= 4 is 29.1 Å². The van der Waals surface area contributed by atoms with Gasteiger partial charge in [0.15, 0.2) is 11.6 Å². The monoisotopic (exact) mass is 434 g/mol. The summed E-state index contributed by atoms with van der Waals surface area (Å²) in [4.78, 5) is 33.8. The van der Waals surface area contributed by atoms with Crippen molar-refractivity contribution in [2.45, 2.75) is 26.2 Å². The lowest BCUT2D eigenvalue weighted by Crippen LogP contribution is -2.51. The third-order valence-corrected chi connectivity index (χ3v) is 6.80. The Hall–Kier alpha value is -3.16. The molecule has 3 aliphatic rings. The van der Waals surface area contributed by atoms with Crippen LogP contribution >= 0.6 is 0 Å². The van der Waals surface area contributed by atoms with Crippen molar-refractivity contribution in [1.82, 2.24) is 15.1 Å². The van der Waals surface area contributed by atoms with Crippen LogP contribution in [0.4, 0.5) is 17.3 Å². The molecule has 1 unspecified atom stereocenters. The summed E-state index contributed by atoms with van der Waals surface area (Å²) < 4.78 is 0. The van der Waals surface area contributed by atoms with Gasteiger partial charge in [0.2, 0.25) is 11.8 Å². The Balaban J connectivity index is 1.16. The van der Waals surface area contributed by atoms with Crippen LogP contribution in [-0.4, -0.2) is 72.7 Å². The van der Waals surface area contributed by atoms with Gasteiger partial charge in [-0.2, -0.15) is 0 Å². The first-order valence-electron chi connectivity index (χ1n) is 11.6. The fraction of sp³-hybridized carbons (Fsp3) is 0.500. The normalized spacial score (nSPS) is 21.5. The highest BCUT2D eigenvalue weighted by Gasteiger charge is 2.38. The summed E-state index contributed by atoms with van der Waals surface area (Å²) in [6.07, 6.45) is 2.72. The quantitative estimate of drug-likeness (QED) is 0.734. The minimum Gasteiger partial charge on any atom is -0.355 e. The third kappa shape index (κ3) is 4.13. The topological polar surface area (TPSA) is 72.9 Å². The number of aromatic nitrogens is 2. The van der Waals surface area contributed by atoms with Crippen LogP contribution in [0.3, 0.4) is 0 Å². The number of piperazine rings is 1. The van der Waals surface area contributed by atoms with Crippen molar-refractivity contribution < 1.29 is 9.59 Å². The van der Waals surface area contributed by atoms with Crippen LogP contribution in [0.2, 0.25) is 0 Å². The van der Waals surface area contributed by atoms with Crippen LogP contribution in [0.1, 0.15) is 24.8 Å². The van der Waals surface area contributed by atoms with Gasteiger partial charge in [-0.1, -0.05) is 17.7 Å². The molecule has 8 heteroatoms. The van der Waals surface area contributed by atoms with Crippen LogP contribution in [0.15, 0.2) is 36.4 Å². The summed E-state index contributed by atoms with van der Waals surface area (Å²) in [6.45, 7) is 7.34. The zero-order valence-corrected chi connectivity index (χ0v) is 18.6. The molecule has 0 bridgehead atoms. The standard InChI is InChI=1S/C24H30N6O2/c1-18-4-6-20(7-5-18)30-17-19(16-23(30)31)24(32)29-14-12-28(13-15-29)22-9-8-21(25-26-22)27-10-2-3-11-27/h4-9,19H,2-3,10-17H2,1H3. The zero-order chi connectivity index (χ0) is 22.1. The first-order valence-corrected chi connectivity index (χ1v) is 11.6. The minimum absolute atomic E-state index is 0.0270. The summed E-state index contributed by atoms with van der Waals surface area (Å²) in [5, 5.41) is 8.85.